The fourth-order valence-electron chi connectivity index (χ4n) is 5.33. The summed E-state index contributed by atoms with van der Waals surface area (Å²) in [6.45, 7) is 9.45. The third-order valence-corrected chi connectivity index (χ3v) is 6.98. The Morgan fingerprint density at radius 2 is 2.06 bits per heavy atom. The van der Waals surface area contributed by atoms with Crippen molar-refractivity contribution in [3.63, 3.8) is 0 Å². The van der Waals surface area contributed by atoms with Crippen LogP contribution in [0.4, 0.5) is 27.5 Å². The van der Waals surface area contributed by atoms with Crippen LogP contribution in [-0.2, 0) is 0 Å². The molecule has 0 amide bonds. The van der Waals surface area contributed by atoms with Gasteiger partial charge in [0, 0.05) is 23.3 Å². The van der Waals surface area contributed by atoms with Crippen LogP contribution in [0, 0.1) is 5.82 Å². The Balaban J connectivity index is 1.33. The summed E-state index contributed by atoms with van der Waals surface area (Å²) in [7, 11) is 0. The minimum Gasteiger partial charge on any atom is -0.478 e. The maximum absolute atomic E-state index is 14.6. The summed E-state index contributed by atoms with van der Waals surface area (Å²) in [5.41, 5.74) is 6.82. The number of nitrogens with one attached hydrogen (secondary N) is 2. The van der Waals surface area contributed by atoms with Crippen LogP contribution in [0.3, 0.4) is 0 Å². The number of hydrogen-bond acceptors (Lipinski definition) is 8. The number of nitrogens with zero attached hydrogens (tertiary/aromatic N) is 4. The zero-order chi connectivity index (χ0) is 23.4. The predicted octanol–water partition coefficient (Wildman–Crippen LogP) is 4.34. The van der Waals surface area contributed by atoms with Crippen LogP contribution in [0.15, 0.2) is 29.4 Å². The van der Waals surface area contributed by atoms with Crippen LogP contribution in [-0.4, -0.2) is 50.5 Å². The average molecular weight is 454 g/mol. The van der Waals surface area contributed by atoms with Gasteiger partial charge in [0.15, 0.2) is 17.2 Å². The molecular formula is C24H32FN7O. The van der Waals surface area contributed by atoms with Crippen LogP contribution in [0.25, 0.3) is 0 Å². The maximum Gasteiger partial charge on any atom is 0.229 e. The van der Waals surface area contributed by atoms with Gasteiger partial charge in [-0.3, -0.25) is 4.90 Å². The Morgan fingerprint density at radius 1 is 1.24 bits per heavy atom. The first kappa shape index (κ1) is 21.9. The van der Waals surface area contributed by atoms with E-state index in [2.05, 4.69) is 44.3 Å². The smallest absolute Gasteiger partial charge is 0.229 e. The first-order valence-electron chi connectivity index (χ1n) is 11.6. The molecule has 1 aromatic heterocycles. The number of amidine groups is 1. The van der Waals surface area contributed by atoms with E-state index in [9.17, 15) is 4.39 Å². The minimum atomic E-state index is -0.647. The highest BCUT2D eigenvalue weighted by molar-refractivity contribution is 5.93. The molecule has 4 heterocycles. The van der Waals surface area contributed by atoms with E-state index < -0.39 is 11.4 Å². The molecule has 9 heteroatoms. The number of fused-ring (bicyclic) bond motifs is 2. The zero-order valence-electron chi connectivity index (χ0n) is 19.7. The Morgan fingerprint density at radius 3 is 2.88 bits per heavy atom. The van der Waals surface area contributed by atoms with Gasteiger partial charge in [-0.15, -0.1) is 0 Å². The molecule has 2 unspecified atom stereocenters. The number of halogens is 1. The molecule has 3 aliphatic rings. The standard InChI is InChI=1S/C24H32FN7O/c1-23(2)12-15(10-16-6-5-9-32(16)23)28-20-17(25)13-27-22(31-20)29-14-7-8-19-18(11-14)30-21(26)24(3,4)33-19/h7-8,11,13,15-16H,5-6,9-10,12H2,1-4H3,(H2,26,30)(H2,27,28,29,31). The van der Waals surface area contributed by atoms with Crippen molar-refractivity contribution < 1.29 is 9.13 Å². The van der Waals surface area contributed by atoms with E-state index in [1.807, 2.05) is 32.0 Å². The van der Waals surface area contributed by atoms with Gasteiger partial charge in [0.2, 0.25) is 5.95 Å². The molecular weight excluding hydrogens is 421 g/mol. The molecule has 4 N–H and O–H groups in total. The third-order valence-electron chi connectivity index (χ3n) is 6.98. The molecule has 2 atom stereocenters. The summed E-state index contributed by atoms with van der Waals surface area (Å²) >= 11 is 0. The zero-order valence-corrected chi connectivity index (χ0v) is 19.7. The first-order valence-corrected chi connectivity index (χ1v) is 11.6. The SMILES string of the molecule is CC1(C)Oc2ccc(Nc3ncc(F)c(NC4CC5CCCN5C(C)(C)C4)n3)cc2N=C1N. The Kier molecular flexibility index (Phi) is 5.19. The lowest BCUT2D eigenvalue weighted by atomic mass is 9.84. The topological polar surface area (TPSA) is 101 Å². The summed E-state index contributed by atoms with van der Waals surface area (Å²) in [5, 5.41) is 6.50. The van der Waals surface area contributed by atoms with Crippen molar-refractivity contribution in [2.24, 2.45) is 10.7 Å². The molecule has 0 radical (unpaired) electrons. The fraction of sp³-hybridized carbons (Fsp3) is 0.542. The highest BCUT2D eigenvalue weighted by Crippen LogP contribution is 2.39. The first-order chi connectivity index (χ1) is 15.6. The number of aliphatic imine (C=N–C) groups is 1. The van der Waals surface area contributed by atoms with Crippen LogP contribution < -0.4 is 21.1 Å². The largest absolute Gasteiger partial charge is 0.478 e. The molecule has 0 spiro atoms. The van der Waals surface area contributed by atoms with Crippen molar-refractivity contribution in [2.75, 3.05) is 17.2 Å². The molecule has 8 nitrogen and oxygen atoms in total. The van der Waals surface area contributed by atoms with E-state index >= 15 is 0 Å². The van der Waals surface area contributed by atoms with Gasteiger partial charge in [0.25, 0.3) is 0 Å². The van der Waals surface area contributed by atoms with E-state index in [1.54, 1.807) is 0 Å². The summed E-state index contributed by atoms with van der Waals surface area (Å²) < 4.78 is 20.5. The van der Waals surface area contributed by atoms with Gasteiger partial charge in [-0.1, -0.05) is 0 Å². The van der Waals surface area contributed by atoms with E-state index in [4.69, 9.17) is 10.5 Å². The van der Waals surface area contributed by atoms with E-state index in [-0.39, 0.29) is 17.4 Å². The maximum atomic E-state index is 14.6. The highest BCUT2D eigenvalue weighted by Gasteiger charge is 2.43. The van der Waals surface area contributed by atoms with Crippen LogP contribution in [0.2, 0.25) is 0 Å². The van der Waals surface area contributed by atoms with Gasteiger partial charge in [0.1, 0.15) is 17.3 Å². The lowest BCUT2D eigenvalue weighted by Crippen LogP contribution is -2.55. The van der Waals surface area contributed by atoms with Crippen molar-refractivity contribution in [3.05, 3.63) is 30.2 Å². The van der Waals surface area contributed by atoms with Crippen LogP contribution in [0.5, 0.6) is 5.75 Å². The van der Waals surface area contributed by atoms with Gasteiger partial charge in [0.05, 0.1) is 6.20 Å². The number of aromatic nitrogens is 2. The average Bonchev–Trinajstić information content (AvgIpc) is 3.21. The lowest BCUT2D eigenvalue weighted by Gasteiger charge is -2.47. The molecule has 3 aliphatic heterocycles. The molecule has 0 aliphatic carbocycles. The molecule has 0 bridgehead atoms. The normalized spacial score (nSPS) is 25.4. The summed E-state index contributed by atoms with van der Waals surface area (Å²) in [4.78, 5) is 15.6. The minimum absolute atomic E-state index is 0.0871. The van der Waals surface area contributed by atoms with E-state index in [0.717, 1.165) is 19.4 Å². The summed E-state index contributed by atoms with van der Waals surface area (Å²) in [5.74, 6) is 1.15. The Hall–Kier alpha value is -2.94. The monoisotopic (exact) mass is 453 g/mol. The van der Waals surface area contributed by atoms with Crippen LogP contribution >= 0.6 is 0 Å². The Bertz CT molecular complexity index is 1100. The van der Waals surface area contributed by atoms with Crippen molar-refractivity contribution >= 4 is 29.0 Å². The van der Waals surface area contributed by atoms with Gasteiger partial charge >= 0.3 is 0 Å². The molecule has 2 fully saturated rings. The van der Waals surface area contributed by atoms with Gasteiger partial charge < -0.3 is 21.1 Å². The summed E-state index contributed by atoms with van der Waals surface area (Å²) in [6.07, 6.45) is 5.57. The van der Waals surface area contributed by atoms with Crippen molar-refractivity contribution in [1.29, 1.82) is 0 Å². The quantitative estimate of drug-likeness (QED) is 0.633. The molecule has 2 aromatic rings. The summed E-state index contributed by atoms with van der Waals surface area (Å²) in [6, 6.07) is 6.21. The van der Waals surface area contributed by atoms with Crippen LogP contribution in [0.1, 0.15) is 53.4 Å². The second-order valence-corrected chi connectivity index (χ2v) is 10.4. The lowest BCUT2D eigenvalue weighted by molar-refractivity contribution is 0.0500. The number of hydrogen-bond donors (Lipinski definition) is 3. The molecule has 2 saturated heterocycles. The van der Waals surface area contributed by atoms with Crippen molar-refractivity contribution in [3.8, 4) is 5.75 Å². The number of piperidine rings is 1. The number of anilines is 3. The predicted molar refractivity (Wildman–Crippen MR) is 128 cm³/mol. The molecule has 5 rings (SSSR count). The second-order valence-electron chi connectivity index (χ2n) is 10.4. The number of rotatable bonds is 4. The van der Waals surface area contributed by atoms with E-state index in [1.165, 1.54) is 19.0 Å². The van der Waals surface area contributed by atoms with Crippen molar-refractivity contribution in [2.45, 2.75) is 76.6 Å². The molecule has 33 heavy (non-hydrogen) atoms. The molecule has 1 aromatic carbocycles. The second kappa shape index (κ2) is 7.83. The molecule has 0 saturated carbocycles. The van der Waals surface area contributed by atoms with E-state index in [0.29, 0.717) is 35.0 Å². The van der Waals surface area contributed by atoms with Crippen molar-refractivity contribution in [1.82, 2.24) is 14.9 Å². The Labute approximate surface area is 193 Å². The fourth-order valence-corrected chi connectivity index (χ4v) is 5.33. The van der Waals surface area contributed by atoms with Gasteiger partial charge in [-0.25, -0.2) is 14.4 Å². The third kappa shape index (κ3) is 4.21. The molecule has 176 valence electrons. The van der Waals surface area contributed by atoms with Gasteiger partial charge in [-0.2, -0.15) is 4.98 Å². The number of benzene rings is 1. The number of ether oxygens (including phenoxy) is 1. The number of nitrogens with two attached hydrogens (primary N) is 1. The highest BCUT2D eigenvalue weighted by atomic mass is 19.1. The van der Waals surface area contributed by atoms with Gasteiger partial charge in [-0.05, 0) is 78.1 Å².